The highest BCUT2D eigenvalue weighted by molar-refractivity contribution is 5.39. The molecule has 0 aliphatic heterocycles. The summed E-state index contributed by atoms with van der Waals surface area (Å²) in [4.78, 5) is 1.27. The van der Waals surface area contributed by atoms with Crippen LogP contribution >= 0.6 is 0 Å². The number of hydrogen-bond acceptors (Lipinski definition) is 2. The first-order chi connectivity index (χ1) is 11.5. The third-order valence-corrected chi connectivity index (χ3v) is 4.16. The molecule has 0 spiro atoms. The maximum absolute atomic E-state index is 10.3. The number of hydrogen-bond donors (Lipinski definition) is 2. The summed E-state index contributed by atoms with van der Waals surface area (Å²) in [5, 5.41) is 10.3. The van der Waals surface area contributed by atoms with Crippen molar-refractivity contribution in [3.05, 3.63) is 65.2 Å². The van der Waals surface area contributed by atoms with Crippen molar-refractivity contribution in [2.24, 2.45) is 0 Å². The summed E-state index contributed by atoms with van der Waals surface area (Å²) in [6, 6.07) is 16.6. The fourth-order valence-corrected chi connectivity index (χ4v) is 2.91. The van der Waals surface area contributed by atoms with Gasteiger partial charge in [0.15, 0.2) is 0 Å². The Morgan fingerprint density at radius 1 is 1.08 bits per heavy atom. The molecular formula is C21H30NO2+. The van der Waals surface area contributed by atoms with Crippen LogP contribution in [0.3, 0.4) is 0 Å². The average Bonchev–Trinajstić information content (AvgIpc) is 2.53. The van der Waals surface area contributed by atoms with E-state index in [1.54, 1.807) is 0 Å². The van der Waals surface area contributed by atoms with Crippen molar-refractivity contribution >= 4 is 0 Å². The van der Waals surface area contributed by atoms with Crippen LogP contribution in [-0.2, 0) is 6.54 Å². The first kappa shape index (κ1) is 18.5. The van der Waals surface area contributed by atoms with E-state index in [9.17, 15) is 5.11 Å². The first-order valence-electron chi connectivity index (χ1n) is 8.72. The van der Waals surface area contributed by atoms with Crippen LogP contribution in [-0.4, -0.2) is 31.4 Å². The normalized spacial score (nSPS) is 13.8. The highest BCUT2D eigenvalue weighted by Gasteiger charge is 2.15. The van der Waals surface area contributed by atoms with E-state index in [1.165, 1.54) is 21.6 Å². The molecule has 130 valence electrons. The number of aryl methyl sites for hydroxylation is 1. The van der Waals surface area contributed by atoms with Gasteiger partial charge in [0.25, 0.3) is 0 Å². The van der Waals surface area contributed by atoms with Crippen LogP contribution in [0.4, 0.5) is 0 Å². The first-order valence-corrected chi connectivity index (χ1v) is 8.72. The summed E-state index contributed by atoms with van der Waals surface area (Å²) in [6.07, 6.45) is -0.478. The number of aliphatic hydroxyl groups is 1. The second-order valence-electron chi connectivity index (χ2n) is 6.98. The van der Waals surface area contributed by atoms with E-state index < -0.39 is 6.10 Å². The number of likely N-dealkylation sites (N-methyl/N-ethyl adjacent to an activating group) is 1. The van der Waals surface area contributed by atoms with Crippen molar-refractivity contribution in [1.82, 2.24) is 0 Å². The van der Waals surface area contributed by atoms with Crippen LogP contribution in [0.5, 0.6) is 5.75 Å². The highest BCUT2D eigenvalue weighted by Crippen LogP contribution is 2.27. The van der Waals surface area contributed by atoms with Gasteiger partial charge < -0.3 is 14.7 Å². The van der Waals surface area contributed by atoms with Crippen molar-refractivity contribution in [1.29, 1.82) is 0 Å². The highest BCUT2D eigenvalue weighted by atomic mass is 16.5. The molecule has 0 heterocycles. The van der Waals surface area contributed by atoms with Gasteiger partial charge in [-0.15, -0.1) is 0 Å². The maximum atomic E-state index is 10.3. The van der Waals surface area contributed by atoms with Gasteiger partial charge in [0.1, 0.15) is 31.5 Å². The average molecular weight is 328 g/mol. The summed E-state index contributed by atoms with van der Waals surface area (Å²) in [5.41, 5.74) is 3.65. The van der Waals surface area contributed by atoms with Crippen LogP contribution in [0.2, 0.25) is 0 Å². The summed E-state index contributed by atoms with van der Waals surface area (Å²) in [5.74, 6) is 1.30. The second kappa shape index (κ2) is 8.86. The minimum atomic E-state index is -0.478. The van der Waals surface area contributed by atoms with Crippen molar-refractivity contribution in [2.45, 2.75) is 39.3 Å². The van der Waals surface area contributed by atoms with Gasteiger partial charge in [-0.1, -0.05) is 56.3 Å². The summed E-state index contributed by atoms with van der Waals surface area (Å²) in [7, 11) is 2.10. The fraction of sp³-hybridized carbons (Fsp3) is 0.429. The summed E-state index contributed by atoms with van der Waals surface area (Å²) >= 11 is 0. The number of quaternary nitrogens is 1. The Morgan fingerprint density at radius 3 is 2.46 bits per heavy atom. The number of ether oxygens (including phenoxy) is 1. The molecule has 0 saturated carbocycles. The van der Waals surface area contributed by atoms with E-state index in [0.717, 1.165) is 12.3 Å². The van der Waals surface area contributed by atoms with Gasteiger partial charge in [-0.2, -0.15) is 0 Å². The lowest BCUT2D eigenvalue weighted by Gasteiger charge is -2.20. The summed E-state index contributed by atoms with van der Waals surface area (Å²) in [6.45, 7) is 8.27. The quantitative estimate of drug-likeness (QED) is 0.781. The third kappa shape index (κ3) is 5.66. The number of nitrogens with one attached hydrogen (secondary N) is 1. The fourth-order valence-electron chi connectivity index (χ4n) is 2.91. The Balaban J connectivity index is 1.87. The van der Waals surface area contributed by atoms with E-state index in [-0.39, 0.29) is 0 Å². The molecule has 1 unspecified atom stereocenters. The van der Waals surface area contributed by atoms with Crippen LogP contribution in [0.1, 0.15) is 36.5 Å². The molecule has 0 aromatic heterocycles. The Kier molecular flexibility index (Phi) is 6.83. The Labute approximate surface area is 145 Å². The number of rotatable bonds is 8. The maximum Gasteiger partial charge on any atom is 0.137 e. The van der Waals surface area contributed by atoms with Crippen molar-refractivity contribution in [3.63, 3.8) is 0 Å². The number of benzene rings is 2. The lowest BCUT2D eigenvalue weighted by molar-refractivity contribution is -0.897. The molecule has 2 N–H and O–H groups in total. The van der Waals surface area contributed by atoms with E-state index >= 15 is 0 Å². The topological polar surface area (TPSA) is 33.9 Å². The largest absolute Gasteiger partial charge is 0.490 e. The van der Waals surface area contributed by atoms with Gasteiger partial charge in [-0.05, 0) is 30.0 Å². The molecule has 0 aliphatic rings. The van der Waals surface area contributed by atoms with Crippen LogP contribution in [0.15, 0.2) is 48.5 Å². The van der Waals surface area contributed by atoms with Crippen molar-refractivity contribution in [3.8, 4) is 5.75 Å². The number of aliphatic hydroxyl groups excluding tert-OH is 1. The molecule has 0 amide bonds. The molecular weight excluding hydrogens is 298 g/mol. The van der Waals surface area contributed by atoms with Gasteiger partial charge in [-0.25, -0.2) is 0 Å². The van der Waals surface area contributed by atoms with E-state index in [4.69, 9.17) is 4.74 Å². The zero-order valence-corrected chi connectivity index (χ0v) is 15.3. The lowest BCUT2D eigenvalue weighted by atomic mass is 10.0. The Hall–Kier alpha value is -1.84. The van der Waals surface area contributed by atoms with Crippen molar-refractivity contribution < 1.29 is 14.7 Å². The molecule has 2 atom stereocenters. The smallest absolute Gasteiger partial charge is 0.137 e. The van der Waals surface area contributed by atoms with E-state index in [1.807, 2.05) is 18.2 Å². The molecule has 3 nitrogen and oxygen atoms in total. The minimum Gasteiger partial charge on any atom is -0.490 e. The molecule has 0 radical (unpaired) electrons. The third-order valence-electron chi connectivity index (χ3n) is 4.16. The Morgan fingerprint density at radius 2 is 1.79 bits per heavy atom. The van der Waals surface area contributed by atoms with Gasteiger partial charge in [0.05, 0.1) is 7.05 Å². The predicted octanol–water partition coefficient (Wildman–Crippen LogP) is 2.57. The SMILES string of the molecule is Cc1ccc(C(C)C)c(OC[C@@H](O)C[NH+](C)Cc2ccccc2)c1. The molecule has 3 heteroatoms. The molecule has 0 aliphatic carbocycles. The predicted molar refractivity (Wildman–Crippen MR) is 98.7 cm³/mol. The van der Waals surface area contributed by atoms with Crippen LogP contribution < -0.4 is 9.64 Å². The molecule has 2 aromatic rings. The van der Waals surface area contributed by atoms with E-state index in [0.29, 0.717) is 19.1 Å². The molecule has 2 rings (SSSR count). The Bertz CT molecular complexity index is 625. The molecule has 24 heavy (non-hydrogen) atoms. The second-order valence-corrected chi connectivity index (χ2v) is 6.98. The van der Waals surface area contributed by atoms with E-state index in [2.05, 4.69) is 58.2 Å². The minimum absolute atomic E-state index is 0.329. The zero-order chi connectivity index (χ0) is 17.5. The summed E-state index contributed by atoms with van der Waals surface area (Å²) < 4.78 is 5.93. The van der Waals surface area contributed by atoms with Gasteiger partial charge in [0, 0.05) is 5.56 Å². The lowest BCUT2D eigenvalue weighted by Crippen LogP contribution is -3.09. The monoisotopic (exact) mass is 328 g/mol. The van der Waals surface area contributed by atoms with Gasteiger partial charge >= 0.3 is 0 Å². The zero-order valence-electron chi connectivity index (χ0n) is 15.3. The van der Waals surface area contributed by atoms with Crippen LogP contribution in [0.25, 0.3) is 0 Å². The van der Waals surface area contributed by atoms with Crippen molar-refractivity contribution in [2.75, 3.05) is 20.2 Å². The molecule has 0 bridgehead atoms. The molecule has 0 fully saturated rings. The van der Waals surface area contributed by atoms with Gasteiger partial charge in [-0.3, -0.25) is 0 Å². The van der Waals surface area contributed by atoms with Gasteiger partial charge in [0.2, 0.25) is 0 Å². The molecule has 2 aromatic carbocycles. The standard InChI is InChI=1S/C21H29NO2/c1-16(2)20-11-10-17(3)12-21(20)24-15-19(23)14-22(4)13-18-8-6-5-7-9-18/h5-12,16,19,23H,13-15H2,1-4H3/p+1/t19-/m0/s1. The molecule has 0 saturated heterocycles. The van der Waals surface area contributed by atoms with Crippen LogP contribution in [0, 0.1) is 6.92 Å².